The van der Waals surface area contributed by atoms with E-state index in [0.717, 1.165) is 33.4 Å². The number of nitrogens with zero attached hydrogens (tertiary/aromatic N) is 1. The molecule has 0 bridgehead atoms. The topological polar surface area (TPSA) is 26.0 Å². The van der Waals surface area contributed by atoms with E-state index in [0.29, 0.717) is 0 Å². The molecule has 4 rings (SSSR count). The molecule has 0 saturated carbocycles. The average molecular weight is 273 g/mol. The van der Waals surface area contributed by atoms with Gasteiger partial charge in [0.15, 0.2) is 0 Å². The van der Waals surface area contributed by atoms with Crippen LogP contribution >= 0.6 is 0 Å². The fraction of sp³-hybridized carbons (Fsp3) is 0.105. The highest BCUT2D eigenvalue weighted by Gasteiger charge is 2.14. The van der Waals surface area contributed by atoms with Gasteiger partial charge in [-0.15, -0.1) is 0 Å². The van der Waals surface area contributed by atoms with Crippen LogP contribution in [-0.2, 0) is 0 Å². The van der Waals surface area contributed by atoms with Crippen LogP contribution in [-0.4, -0.2) is 4.98 Å². The Morgan fingerprint density at radius 3 is 2.57 bits per heavy atom. The van der Waals surface area contributed by atoms with Crippen LogP contribution in [0.2, 0.25) is 0 Å². The molecule has 2 heterocycles. The van der Waals surface area contributed by atoms with Gasteiger partial charge in [-0.2, -0.15) is 0 Å². The van der Waals surface area contributed by atoms with Crippen molar-refractivity contribution in [2.24, 2.45) is 0 Å². The maximum absolute atomic E-state index is 6.18. The van der Waals surface area contributed by atoms with Crippen molar-refractivity contribution in [2.45, 2.75) is 13.8 Å². The van der Waals surface area contributed by atoms with E-state index in [4.69, 9.17) is 4.42 Å². The second-order valence-electron chi connectivity index (χ2n) is 5.46. The molecule has 0 radical (unpaired) electrons. The summed E-state index contributed by atoms with van der Waals surface area (Å²) in [6, 6.07) is 16.6. The van der Waals surface area contributed by atoms with Crippen LogP contribution in [0.5, 0.6) is 0 Å². The van der Waals surface area contributed by atoms with E-state index in [9.17, 15) is 0 Å². The summed E-state index contributed by atoms with van der Waals surface area (Å²) < 4.78 is 6.18. The fourth-order valence-electron chi connectivity index (χ4n) is 2.90. The van der Waals surface area contributed by atoms with Crippen molar-refractivity contribution >= 4 is 21.9 Å². The standard InChI is InChI=1S/C19H15NO/c1-12-10-15-14-7-5-6-13(2)18(14)21-19(15)16(11-12)17-8-3-4-9-20-17/h3-11H,1-2H3. The van der Waals surface area contributed by atoms with Gasteiger partial charge in [0.25, 0.3) is 0 Å². The molecule has 21 heavy (non-hydrogen) atoms. The molecule has 0 aliphatic rings. The first-order valence-corrected chi connectivity index (χ1v) is 7.08. The van der Waals surface area contributed by atoms with Crippen LogP contribution in [0.15, 0.2) is 59.1 Å². The average Bonchev–Trinajstić information content (AvgIpc) is 2.88. The van der Waals surface area contributed by atoms with E-state index in [1.54, 1.807) is 0 Å². The lowest BCUT2D eigenvalue weighted by Gasteiger charge is -2.03. The summed E-state index contributed by atoms with van der Waals surface area (Å²) in [6.45, 7) is 4.19. The summed E-state index contributed by atoms with van der Waals surface area (Å²) in [5, 5.41) is 2.33. The smallest absolute Gasteiger partial charge is 0.144 e. The first kappa shape index (κ1) is 12.2. The van der Waals surface area contributed by atoms with E-state index in [1.807, 2.05) is 24.4 Å². The van der Waals surface area contributed by atoms with E-state index in [-0.39, 0.29) is 0 Å². The molecule has 4 aromatic rings. The molecular weight excluding hydrogens is 258 g/mol. The number of rotatable bonds is 1. The van der Waals surface area contributed by atoms with Gasteiger partial charge in [-0.1, -0.05) is 24.3 Å². The highest BCUT2D eigenvalue weighted by atomic mass is 16.3. The van der Waals surface area contributed by atoms with Crippen molar-refractivity contribution < 1.29 is 4.42 Å². The van der Waals surface area contributed by atoms with Crippen molar-refractivity contribution in [1.29, 1.82) is 0 Å². The van der Waals surface area contributed by atoms with E-state index in [2.05, 4.69) is 49.2 Å². The Hall–Kier alpha value is -2.61. The zero-order chi connectivity index (χ0) is 14.4. The first-order valence-electron chi connectivity index (χ1n) is 7.08. The summed E-state index contributed by atoms with van der Waals surface area (Å²) in [6.07, 6.45) is 1.82. The van der Waals surface area contributed by atoms with E-state index >= 15 is 0 Å². The Labute approximate surface area is 123 Å². The Balaban J connectivity index is 2.17. The van der Waals surface area contributed by atoms with Gasteiger partial charge >= 0.3 is 0 Å². The third-order valence-electron chi connectivity index (χ3n) is 3.88. The number of hydrogen-bond donors (Lipinski definition) is 0. The van der Waals surface area contributed by atoms with Crippen LogP contribution < -0.4 is 0 Å². The maximum Gasteiger partial charge on any atom is 0.144 e. The summed E-state index contributed by atoms with van der Waals surface area (Å²) in [5.41, 5.74) is 6.27. The highest BCUT2D eigenvalue weighted by Crippen LogP contribution is 2.37. The minimum absolute atomic E-state index is 0.920. The lowest BCUT2D eigenvalue weighted by atomic mass is 10.0. The van der Waals surface area contributed by atoms with Crippen molar-refractivity contribution in [2.75, 3.05) is 0 Å². The van der Waals surface area contributed by atoms with E-state index in [1.165, 1.54) is 10.9 Å². The quantitative estimate of drug-likeness (QED) is 0.472. The van der Waals surface area contributed by atoms with Crippen molar-refractivity contribution in [1.82, 2.24) is 4.98 Å². The summed E-state index contributed by atoms with van der Waals surface area (Å²) in [4.78, 5) is 4.47. The first-order chi connectivity index (χ1) is 10.2. The number of benzene rings is 2. The van der Waals surface area contributed by atoms with Crippen LogP contribution in [0.1, 0.15) is 11.1 Å². The monoisotopic (exact) mass is 273 g/mol. The summed E-state index contributed by atoms with van der Waals surface area (Å²) >= 11 is 0. The highest BCUT2D eigenvalue weighted by molar-refractivity contribution is 6.10. The molecule has 2 aromatic carbocycles. The van der Waals surface area contributed by atoms with Crippen LogP contribution in [0.25, 0.3) is 33.2 Å². The minimum atomic E-state index is 0.920. The minimum Gasteiger partial charge on any atom is -0.455 e. The van der Waals surface area contributed by atoms with Gasteiger partial charge in [-0.05, 0) is 49.2 Å². The Bertz CT molecular complexity index is 952. The number of fused-ring (bicyclic) bond motifs is 3. The van der Waals surface area contributed by atoms with Crippen LogP contribution in [0.4, 0.5) is 0 Å². The van der Waals surface area contributed by atoms with Crippen molar-refractivity contribution in [3.05, 3.63) is 65.9 Å². The van der Waals surface area contributed by atoms with E-state index < -0.39 is 0 Å². The number of pyridine rings is 1. The summed E-state index contributed by atoms with van der Waals surface area (Å²) in [5.74, 6) is 0. The predicted molar refractivity (Wildman–Crippen MR) is 86.4 cm³/mol. The van der Waals surface area contributed by atoms with Gasteiger partial charge in [0, 0.05) is 22.5 Å². The second-order valence-corrected chi connectivity index (χ2v) is 5.46. The molecule has 102 valence electrons. The second kappa shape index (κ2) is 4.45. The Kier molecular flexibility index (Phi) is 2.58. The molecule has 0 aliphatic carbocycles. The lowest BCUT2D eigenvalue weighted by Crippen LogP contribution is -1.84. The van der Waals surface area contributed by atoms with Gasteiger partial charge in [0.05, 0.1) is 5.69 Å². The zero-order valence-electron chi connectivity index (χ0n) is 12.1. The largest absolute Gasteiger partial charge is 0.455 e. The van der Waals surface area contributed by atoms with Gasteiger partial charge < -0.3 is 4.42 Å². The summed E-state index contributed by atoms with van der Waals surface area (Å²) in [7, 11) is 0. The molecule has 2 aromatic heterocycles. The number of aryl methyl sites for hydroxylation is 2. The Morgan fingerprint density at radius 2 is 1.76 bits per heavy atom. The molecule has 0 saturated heterocycles. The van der Waals surface area contributed by atoms with Crippen molar-refractivity contribution in [3.63, 3.8) is 0 Å². The molecule has 0 fully saturated rings. The van der Waals surface area contributed by atoms with Gasteiger partial charge in [0.1, 0.15) is 11.2 Å². The fourth-order valence-corrected chi connectivity index (χ4v) is 2.90. The molecule has 0 aliphatic heterocycles. The third kappa shape index (κ3) is 1.83. The SMILES string of the molecule is Cc1cc(-c2ccccn2)c2oc3c(C)cccc3c2c1. The number of aromatic nitrogens is 1. The third-order valence-corrected chi connectivity index (χ3v) is 3.88. The molecule has 0 N–H and O–H groups in total. The number of para-hydroxylation sites is 1. The maximum atomic E-state index is 6.18. The molecule has 2 nitrogen and oxygen atoms in total. The van der Waals surface area contributed by atoms with Gasteiger partial charge in [-0.3, -0.25) is 4.98 Å². The number of hydrogen-bond acceptors (Lipinski definition) is 2. The Morgan fingerprint density at radius 1 is 0.857 bits per heavy atom. The number of furan rings is 1. The van der Waals surface area contributed by atoms with Gasteiger partial charge in [0.2, 0.25) is 0 Å². The molecular formula is C19H15NO. The molecule has 2 heteroatoms. The molecule has 0 unspecified atom stereocenters. The molecule has 0 amide bonds. The van der Waals surface area contributed by atoms with Gasteiger partial charge in [-0.25, -0.2) is 0 Å². The van der Waals surface area contributed by atoms with Crippen LogP contribution in [0, 0.1) is 13.8 Å². The molecule has 0 atom stereocenters. The normalized spacial score (nSPS) is 11.3. The lowest BCUT2D eigenvalue weighted by molar-refractivity contribution is 0.666. The predicted octanol–water partition coefficient (Wildman–Crippen LogP) is 5.26. The zero-order valence-corrected chi connectivity index (χ0v) is 12.1. The van der Waals surface area contributed by atoms with Crippen LogP contribution in [0.3, 0.4) is 0 Å². The molecule has 0 spiro atoms. The van der Waals surface area contributed by atoms with Crippen molar-refractivity contribution in [3.8, 4) is 11.3 Å².